The Morgan fingerprint density at radius 1 is 0.906 bits per heavy atom. The number of anilines is 1. The van der Waals surface area contributed by atoms with Crippen LogP contribution in [-0.4, -0.2) is 23.3 Å². The number of carbonyl (C=O) groups is 2. The van der Waals surface area contributed by atoms with Crippen LogP contribution in [0.25, 0.3) is 0 Å². The highest BCUT2D eigenvalue weighted by atomic mass is 32.1. The van der Waals surface area contributed by atoms with E-state index in [-0.39, 0.29) is 5.41 Å². The van der Waals surface area contributed by atoms with E-state index in [4.69, 9.17) is 4.98 Å². The van der Waals surface area contributed by atoms with Gasteiger partial charge in [0.1, 0.15) is 0 Å². The zero-order chi connectivity index (χ0) is 22.4. The first kappa shape index (κ1) is 23.7. The van der Waals surface area contributed by atoms with Crippen LogP contribution in [0.2, 0.25) is 0 Å². The van der Waals surface area contributed by atoms with Crippen molar-refractivity contribution in [1.82, 2.24) is 10.3 Å². The van der Waals surface area contributed by atoms with Gasteiger partial charge < -0.3 is 5.32 Å². The molecule has 2 amide bonds. The minimum absolute atomic E-state index is 0.229. The molecule has 0 atom stereocenters. The van der Waals surface area contributed by atoms with Gasteiger partial charge in [-0.15, -0.1) is 11.3 Å². The smallest absolute Gasteiger partial charge is 0.315 e. The Bertz CT molecular complexity index is 740. The van der Waals surface area contributed by atoms with Crippen molar-refractivity contribution in [3.63, 3.8) is 0 Å². The van der Waals surface area contributed by atoms with Crippen molar-refractivity contribution in [1.29, 1.82) is 0 Å². The van der Waals surface area contributed by atoms with Gasteiger partial charge in [0.05, 0.1) is 5.69 Å². The highest BCUT2D eigenvalue weighted by molar-refractivity contribution is 7.14. The molecular formula is C26H41N3O2S. The summed E-state index contributed by atoms with van der Waals surface area (Å²) in [4.78, 5) is 29.3. The van der Waals surface area contributed by atoms with Gasteiger partial charge in [0.2, 0.25) is 0 Å². The number of unbranched alkanes of at least 4 members (excludes halogenated alkanes) is 8. The fraction of sp³-hybridized carbons (Fsp3) is 0.808. The maximum Gasteiger partial charge on any atom is 0.315 e. The molecule has 4 aliphatic carbocycles. The zero-order valence-electron chi connectivity index (χ0n) is 19.8. The number of carbonyl (C=O) groups excluding carboxylic acids is 2. The Kier molecular flexibility index (Phi) is 8.25. The minimum atomic E-state index is -0.590. The lowest BCUT2D eigenvalue weighted by Gasteiger charge is -2.56. The summed E-state index contributed by atoms with van der Waals surface area (Å²) >= 11 is 1.47. The van der Waals surface area contributed by atoms with Crippen LogP contribution in [0.5, 0.6) is 0 Å². The predicted molar refractivity (Wildman–Crippen MR) is 131 cm³/mol. The van der Waals surface area contributed by atoms with Crippen molar-refractivity contribution in [2.24, 2.45) is 17.8 Å². The van der Waals surface area contributed by atoms with Gasteiger partial charge in [-0.1, -0.05) is 58.3 Å². The third kappa shape index (κ3) is 5.92. The molecule has 32 heavy (non-hydrogen) atoms. The van der Waals surface area contributed by atoms with E-state index >= 15 is 0 Å². The summed E-state index contributed by atoms with van der Waals surface area (Å²) in [6, 6.07) is 0. The van der Waals surface area contributed by atoms with Crippen LogP contribution in [0.4, 0.5) is 5.13 Å². The summed E-state index contributed by atoms with van der Waals surface area (Å²) < 4.78 is 0. The molecule has 178 valence electrons. The monoisotopic (exact) mass is 459 g/mol. The largest absolute Gasteiger partial charge is 0.348 e. The molecule has 5 nitrogen and oxygen atoms in total. The standard InChI is InChI=1S/C26H41N3O2S/c1-2-3-4-5-6-7-8-9-10-11-27-23(30)24(31)29-25-28-22(18-32-25)26-15-19-12-20(16-26)14-21(13-19)17-26/h18-21H,2-17H2,1H3,(H,27,30)(H,28,29,31). The number of thiazole rings is 1. The van der Waals surface area contributed by atoms with E-state index in [2.05, 4.69) is 22.9 Å². The molecule has 1 aromatic heterocycles. The van der Waals surface area contributed by atoms with Crippen molar-refractivity contribution in [3.05, 3.63) is 11.1 Å². The molecule has 0 unspecified atom stereocenters. The van der Waals surface area contributed by atoms with Crippen LogP contribution in [0, 0.1) is 17.8 Å². The Hall–Kier alpha value is -1.43. The minimum Gasteiger partial charge on any atom is -0.348 e. The predicted octanol–water partition coefficient (Wildman–Crippen LogP) is 6.20. The van der Waals surface area contributed by atoms with Gasteiger partial charge in [0.15, 0.2) is 5.13 Å². The third-order valence-electron chi connectivity index (χ3n) is 8.08. The van der Waals surface area contributed by atoms with E-state index in [1.54, 1.807) is 0 Å². The molecule has 0 radical (unpaired) electrons. The Morgan fingerprint density at radius 3 is 2.06 bits per heavy atom. The SMILES string of the molecule is CCCCCCCCCCCNC(=O)C(=O)Nc1nc(C23CC4CC(CC(C4)C2)C3)cs1. The molecule has 0 aromatic carbocycles. The van der Waals surface area contributed by atoms with Crippen molar-refractivity contribution >= 4 is 28.3 Å². The molecule has 0 spiro atoms. The van der Waals surface area contributed by atoms with Crippen LogP contribution in [0.3, 0.4) is 0 Å². The number of hydrogen-bond acceptors (Lipinski definition) is 4. The van der Waals surface area contributed by atoms with Gasteiger partial charge in [-0.3, -0.25) is 14.9 Å². The molecule has 1 aromatic rings. The van der Waals surface area contributed by atoms with Crippen molar-refractivity contribution in [3.8, 4) is 0 Å². The number of nitrogens with zero attached hydrogens (tertiary/aromatic N) is 1. The molecule has 4 fully saturated rings. The van der Waals surface area contributed by atoms with Gasteiger partial charge >= 0.3 is 11.8 Å². The average molecular weight is 460 g/mol. The summed E-state index contributed by atoms with van der Waals surface area (Å²) in [5, 5.41) is 8.20. The van der Waals surface area contributed by atoms with Gasteiger partial charge in [0, 0.05) is 17.3 Å². The van der Waals surface area contributed by atoms with Crippen LogP contribution in [0.1, 0.15) is 109 Å². The van der Waals surface area contributed by atoms with E-state index in [0.717, 1.165) is 36.3 Å². The van der Waals surface area contributed by atoms with Gasteiger partial charge in [0.25, 0.3) is 0 Å². The summed E-state index contributed by atoms with van der Waals surface area (Å²) in [6.07, 6.45) is 19.2. The number of aromatic nitrogens is 1. The number of rotatable bonds is 12. The fourth-order valence-corrected chi connectivity index (χ4v) is 7.70. The summed E-state index contributed by atoms with van der Waals surface area (Å²) in [6.45, 7) is 2.81. The molecule has 5 rings (SSSR count). The van der Waals surface area contributed by atoms with Crippen LogP contribution in [-0.2, 0) is 15.0 Å². The van der Waals surface area contributed by atoms with Gasteiger partial charge in [-0.05, 0) is 62.7 Å². The third-order valence-corrected chi connectivity index (χ3v) is 8.84. The first-order valence-corrected chi connectivity index (χ1v) is 14.0. The average Bonchev–Trinajstić information content (AvgIpc) is 3.23. The summed E-state index contributed by atoms with van der Waals surface area (Å²) in [5.74, 6) is 1.47. The highest BCUT2D eigenvalue weighted by Crippen LogP contribution is 2.60. The van der Waals surface area contributed by atoms with E-state index in [1.807, 2.05) is 0 Å². The molecule has 1 heterocycles. The lowest BCUT2D eigenvalue weighted by molar-refractivity contribution is -0.136. The first-order valence-electron chi connectivity index (χ1n) is 13.1. The van der Waals surface area contributed by atoms with Crippen molar-refractivity contribution in [2.75, 3.05) is 11.9 Å². The molecule has 4 aliphatic rings. The molecule has 2 N–H and O–H groups in total. The Labute approximate surface area is 197 Å². The van der Waals surface area contributed by atoms with Crippen LogP contribution < -0.4 is 10.6 Å². The van der Waals surface area contributed by atoms with Crippen molar-refractivity contribution in [2.45, 2.75) is 109 Å². The molecule has 4 saturated carbocycles. The second-order valence-electron chi connectivity index (χ2n) is 10.8. The van der Waals surface area contributed by atoms with E-state index in [9.17, 15) is 9.59 Å². The van der Waals surface area contributed by atoms with Gasteiger partial charge in [-0.2, -0.15) is 0 Å². The normalized spacial score (nSPS) is 28.1. The highest BCUT2D eigenvalue weighted by Gasteiger charge is 2.52. The number of hydrogen-bond donors (Lipinski definition) is 2. The second-order valence-corrected chi connectivity index (χ2v) is 11.6. The first-order chi connectivity index (χ1) is 15.6. The quantitative estimate of drug-likeness (QED) is 0.289. The molecule has 6 heteroatoms. The lowest BCUT2D eigenvalue weighted by atomic mass is 9.49. The van der Waals surface area contributed by atoms with E-state index in [0.29, 0.717) is 11.7 Å². The lowest BCUT2D eigenvalue weighted by Crippen LogP contribution is -2.48. The van der Waals surface area contributed by atoms with Gasteiger partial charge in [-0.25, -0.2) is 4.98 Å². The molecule has 0 saturated heterocycles. The number of amides is 2. The Balaban J connectivity index is 1.14. The fourth-order valence-electron chi connectivity index (χ4n) is 6.87. The molecule has 0 aliphatic heterocycles. The van der Waals surface area contributed by atoms with Crippen LogP contribution in [0.15, 0.2) is 5.38 Å². The zero-order valence-corrected chi connectivity index (χ0v) is 20.6. The second kappa shape index (κ2) is 11.1. The maximum absolute atomic E-state index is 12.3. The van der Waals surface area contributed by atoms with Crippen molar-refractivity contribution < 1.29 is 9.59 Å². The molecular weight excluding hydrogens is 418 g/mol. The maximum atomic E-state index is 12.3. The van der Waals surface area contributed by atoms with Crippen LogP contribution >= 0.6 is 11.3 Å². The topological polar surface area (TPSA) is 71.1 Å². The summed E-state index contributed by atoms with van der Waals surface area (Å²) in [7, 11) is 0. The summed E-state index contributed by atoms with van der Waals surface area (Å²) in [5.41, 5.74) is 1.39. The van der Waals surface area contributed by atoms with E-state index in [1.165, 1.54) is 94.8 Å². The number of nitrogens with one attached hydrogen (secondary N) is 2. The Morgan fingerprint density at radius 2 is 1.47 bits per heavy atom. The van der Waals surface area contributed by atoms with E-state index < -0.39 is 11.8 Å². The molecule has 4 bridgehead atoms.